The second kappa shape index (κ2) is 14.2. The number of ether oxygens (including phenoxy) is 4. The van der Waals surface area contributed by atoms with Crippen molar-refractivity contribution in [3.05, 3.63) is 79.3 Å². The Kier molecular flexibility index (Phi) is 11.3. The van der Waals surface area contributed by atoms with E-state index in [0.29, 0.717) is 12.0 Å². The van der Waals surface area contributed by atoms with Gasteiger partial charge in [-0.3, -0.25) is 4.79 Å². The quantitative estimate of drug-likeness (QED) is 0.113. The van der Waals surface area contributed by atoms with Crippen LogP contribution in [0.1, 0.15) is 49.2 Å². The molecule has 14 heteroatoms. The van der Waals surface area contributed by atoms with Crippen LogP contribution in [-0.4, -0.2) is 59.5 Å². The molecule has 3 aromatic rings. The second-order valence-electron chi connectivity index (χ2n) is 11.2. The van der Waals surface area contributed by atoms with Crippen molar-refractivity contribution in [3.63, 3.8) is 0 Å². The summed E-state index contributed by atoms with van der Waals surface area (Å²) in [5, 5.41) is 23.4. The molecule has 0 radical (unpaired) electrons. The third kappa shape index (κ3) is 7.63. The maximum absolute atomic E-state index is 13.3. The van der Waals surface area contributed by atoms with E-state index >= 15 is 0 Å². The number of carbonyl (C=O) groups is 2. The monoisotopic (exact) mass is 634 g/mol. The minimum atomic E-state index is -1.53. The Labute approximate surface area is 280 Å². The number of amides is 2. The number of aliphatic hydroxyl groups is 1. The summed E-state index contributed by atoms with van der Waals surface area (Å²) in [5.41, 5.74) is 3.41. The minimum Gasteiger partial charge on any atom is -0.508 e. The van der Waals surface area contributed by atoms with E-state index in [1.807, 2.05) is 19.9 Å². The van der Waals surface area contributed by atoms with Crippen LogP contribution in [0.4, 0.5) is 10.5 Å². The van der Waals surface area contributed by atoms with E-state index in [-0.39, 0.29) is 63.2 Å². The number of methoxy groups -OCH3 is 1. The zero-order valence-corrected chi connectivity index (χ0v) is 28.1. The maximum Gasteiger partial charge on any atom is 1.00 e. The van der Waals surface area contributed by atoms with Crippen LogP contribution >= 0.6 is 0 Å². The number of nitrogens with one attached hydrogen (secondary N) is 1. The van der Waals surface area contributed by atoms with E-state index in [1.54, 1.807) is 13.8 Å². The summed E-state index contributed by atoms with van der Waals surface area (Å²) in [7, 11) is 1.36. The number of hydrogen-bond donors (Lipinski definition) is 4. The van der Waals surface area contributed by atoms with Crippen LogP contribution in [-0.2, 0) is 20.6 Å². The van der Waals surface area contributed by atoms with Crippen LogP contribution in [0.2, 0.25) is 0 Å². The zero-order chi connectivity index (χ0) is 32.5. The number of phenolic OH excluding ortho intramolecular Hbond substituents is 1. The normalized spacial score (nSPS) is 20.5. The molecule has 1 aliphatic heterocycles. The van der Waals surface area contributed by atoms with Gasteiger partial charge in [-0.05, 0) is 69.7 Å². The van der Waals surface area contributed by atoms with Gasteiger partial charge in [0.15, 0.2) is 18.1 Å². The molecule has 4 rings (SSSR count). The van der Waals surface area contributed by atoms with E-state index in [1.165, 1.54) is 44.4 Å². The van der Waals surface area contributed by atoms with Crippen LogP contribution < -0.4 is 56.4 Å². The Morgan fingerprint density at radius 1 is 1.18 bits per heavy atom. The summed E-state index contributed by atoms with van der Waals surface area (Å²) in [5.74, 6) is -0.637. The molecule has 1 aliphatic rings. The molecule has 2 heterocycles. The number of allylic oxidation sites excluding steroid dienone is 2. The van der Waals surface area contributed by atoms with Crippen molar-refractivity contribution < 1.29 is 72.7 Å². The van der Waals surface area contributed by atoms with Gasteiger partial charge in [-0.25, -0.2) is 4.79 Å². The van der Waals surface area contributed by atoms with E-state index in [2.05, 4.69) is 5.32 Å². The first-order valence-electron chi connectivity index (χ1n) is 13.7. The minimum absolute atomic E-state index is 0. The van der Waals surface area contributed by atoms with Crippen molar-refractivity contribution >= 4 is 28.7 Å². The van der Waals surface area contributed by atoms with Crippen molar-refractivity contribution in [3.8, 4) is 11.5 Å². The van der Waals surface area contributed by atoms with Crippen LogP contribution in [0, 0.1) is 6.92 Å². The summed E-state index contributed by atoms with van der Waals surface area (Å²) in [6, 6.07) is 6.96. The number of nitrogens with two attached hydrogens (primary N) is 1. The van der Waals surface area contributed by atoms with Gasteiger partial charge >= 0.3 is 41.3 Å². The molecule has 1 aromatic heterocycles. The van der Waals surface area contributed by atoms with E-state index in [0.717, 1.165) is 5.57 Å². The summed E-state index contributed by atoms with van der Waals surface area (Å²) < 4.78 is 27.8. The largest absolute Gasteiger partial charge is 1.00 e. The van der Waals surface area contributed by atoms with Gasteiger partial charge in [-0.1, -0.05) is 29.8 Å². The second-order valence-corrected chi connectivity index (χ2v) is 11.2. The van der Waals surface area contributed by atoms with Crippen LogP contribution in [0.15, 0.2) is 56.0 Å². The van der Waals surface area contributed by atoms with Gasteiger partial charge in [-0.15, -0.1) is 0 Å². The fourth-order valence-corrected chi connectivity index (χ4v) is 5.05. The smallest absolute Gasteiger partial charge is 0.508 e. The van der Waals surface area contributed by atoms with Gasteiger partial charge in [0.2, 0.25) is 6.29 Å². The van der Waals surface area contributed by atoms with Gasteiger partial charge in [-0.2, -0.15) is 0 Å². The first-order chi connectivity index (χ1) is 20.6. The van der Waals surface area contributed by atoms with Crippen molar-refractivity contribution in [2.24, 2.45) is 5.73 Å². The number of aromatic hydroxyl groups is 1. The van der Waals surface area contributed by atoms with Crippen molar-refractivity contribution in [2.45, 2.75) is 71.2 Å². The van der Waals surface area contributed by atoms with Gasteiger partial charge in [0.25, 0.3) is 0 Å². The number of aliphatic hydroxyl groups excluding tert-OH is 1. The van der Waals surface area contributed by atoms with Crippen molar-refractivity contribution in [1.82, 2.24) is 0 Å². The number of rotatable bonds is 8. The summed E-state index contributed by atoms with van der Waals surface area (Å²) in [6.45, 7) is 8.63. The zero-order valence-electron chi connectivity index (χ0n) is 26.1. The summed E-state index contributed by atoms with van der Waals surface area (Å²) >= 11 is 0. The van der Waals surface area contributed by atoms with Crippen molar-refractivity contribution in [2.75, 3.05) is 12.4 Å². The molecule has 236 valence electrons. The molecular weight excluding hydrogens is 599 g/mol. The third-order valence-corrected chi connectivity index (χ3v) is 7.31. The standard InChI is InChI=1S/C31H35N2O11.Na/c1-14(2)7-8-16-13-17(9-11-19(16)34)27(37)33-21-22(35)18-10-12-20(15(3)24(18)42-28(21)38)41-29-23(36)25(43-30(32)39)26(40-6)31(4,5)44-29;/h7,9-13,23,25-26,29,34,36H,8H2,1-6H3,(H2,32,39)(H,33,37);/q-1;+1. The average molecular weight is 635 g/mol. The molecule has 45 heavy (non-hydrogen) atoms. The number of phenols is 1. The SMILES string of the molecule is COC1C(OC(N)=O)C(O)C(Oc2ccc3c(=O)[c-](NC(=O)c4ccc(O)c(CC=C(C)C)c4)c(=O)oc3c2C)OC1(C)C.[Na+]. The average Bonchev–Trinajstić information content (AvgIpc) is 2.94. The number of carbonyl (C=O) groups excluding carboxylic acids is 2. The Balaban J connectivity index is 0.00000552. The number of anilines is 1. The predicted molar refractivity (Wildman–Crippen MR) is 159 cm³/mol. The topological polar surface area (TPSA) is 197 Å². The predicted octanol–water partition coefficient (Wildman–Crippen LogP) is 0.00462. The third-order valence-electron chi connectivity index (χ3n) is 7.31. The van der Waals surface area contributed by atoms with Crippen LogP contribution in [0.3, 0.4) is 0 Å². The Morgan fingerprint density at radius 3 is 2.49 bits per heavy atom. The molecule has 13 nitrogen and oxygen atoms in total. The first-order valence-corrected chi connectivity index (χ1v) is 13.7. The molecule has 4 atom stereocenters. The number of fused-ring (bicyclic) bond motifs is 1. The van der Waals surface area contributed by atoms with Crippen LogP contribution in [0.5, 0.6) is 11.5 Å². The molecule has 2 aromatic carbocycles. The summed E-state index contributed by atoms with van der Waals surface area (Å²) in [6.07, 6.45) is -3.88. The molecule has 0 spiro atoms. The van der Waals surface area contributed by atoms with Crippen molar-refractivity contribution in [1.29, 1.82) is 0 Å². The molecule has 1 saturated heterocycles. The molecule has 0 bridgehead atoms. The number of hydrogen-bond acceptors (Lipinski definition) is 11. The molecule has 5 N–H and O–H groups in total. The van der Waals surface area contributed by atoms with E-state index in [4.69, 9.17) is 29.1 Å². The van der Waals surface area contributed by atoms with Gasteiger partial charge < -0.3 is 54.2 Å². The van der Waals surface area contributed by atoms with E-state index < -0.39 is 58.9 Å². The maximum atomic E-state index is 13.3. The first kappa shape index (κ1) is 35.9. The summed E-state index contributed by atoms with van der Waals surface area (Å²) in [4.78, 5) is 50.7. The Hall–Kier alpha value is -3.59. The number of benzene rings is 2. The van der Waals surface area contributed by atoms with Gasteiger partial charge in [0, 0.05) is 12.7 Å². The molecule has 4 unspecified atom stereocenters. The van der Waals surface area contributed by atoms with Crippen LogP contribution in [0.25, 0.3) is 11.0 Å². The molecular formula is C31H35N2NaO11. The van der Waals surface area contributed by atoms with Gasteiger partial charge in [0.05, 0.1) is 16.9 Å². The Morgan fingerprint density at radius 2 is 1.87 bits per heavy atom. The van der Waals surface area contributed by atoms with E-state index in [9.17, 15) is 29.4 Å². The fourth-order valence-electron chi connectivity index (χ4n) is 5.05. The number of aryl methyl sites for hydroxylation is 1. The molecule has 0 aliphatic carbocycles. The molecule has 2 amide bonds. The molecule has 1 fully saturated rings. The molecule has 0 saturated carbocycles. The number of primary amides is 1. The van der Waals surface area contributed by atoms with Gasteiger partial charge in [0.1, 0.15) is 23.0 Å². The fraction of sp³-hybridized carbons (Fsp3) is 0.387. The Bertz CT molecular complexity index is 1740.